The number of ketones is 1. The molecular weight excluding hydrogens is 246 g/mol. The molecule has 0 radical (unpaired) electrons. The molecule has 0 aromatic heterocycles. The molecule has 1 aromatic rings. The monoisotopic (exact) mass is 265 g/mol. The predicted octanol–water partition coefficient (Wildman–Crippen LogP) is 3.67. The molecule has 1 aliphatic rings. The summed E-state index contributed by atoms with van der Waals surface area (Å²) in [5.74, 6) is 0.283. The number of benzene rings is 1. The number of likely N-dealkylation sites (tertiary alicyclic amines) is 1. The molecule has 0 saturated carbocycles. The zero-order valence-corrected chi connectivity index (χ0v) is 11.6. The molecular formula is C15H20ClNO. The van der Waals surface area contributed by atoms with Crippen LogP contribution in [0.4, 0.5) is 0 Å². The lowest BCUT2D eigenvalue weighted by Crippen LogP contribution is -2.40. The van der Waals surface area contributed by atoms with E-state index >= 15 is 0 Å². The third kappa shape index (κ3) is 3.56. The standard InChI is InChI=1S/C15H20ClNO/c1-12(18)10-14-7-4-5-9-17(14)11-13-6-2-3-8-15(13)16/h2-3,6,8,14H,4-5,7,9-11H2,1H3. The first kappa shape index (κ1) is 13.6. The second-order valence-corrected chi connectivity index (χ2v) is 5.52. The summed E-state index contributed by atoms with van der Waals surface area (Å²) >= 11 is 6.20. The number of nitrogens with zero attached hydrogens (tertiary/aromatic N) is 1. The van der Waals surface area contributed by atoms with Crippen molar-refractivity contribution < 1.29 is 4.79 Å². The topological polar surface area (TPSA) is 20.3 Å². The third-order valence-corrected chi connectivity index (χ3v) is 3.97. The SMILES string of the molecule is CC(=O)CC1CCCCN1Cc1ccccc1Cl. The summed E-state index contributed by atoms with van der Waals surface area (Å²) in [6.07, 6.45) is 4.25. The van der Waals surface area contributed by atoms with Gasteiger partial charge in [-0.25, -0.2) is 0 Å². The molecule has 0 amide bonds. The fourth-order valence-electron chi connectivity index (χ4n) is 2.68. The fourth-order valence-corrected chi connectivity index (χ4v) is 2.87. The Morgan fingerprint density at radius 2 is 2.17 bits per heavy atom. The maximum absolute atomic E-state index is 11.3. The van der Waals surface area contributed by atoms with Crippen molar-refractivity contribution in [2.24, 2.45) is 0 Å². The van der Waals surface area contributed by atoms with Crippen LogP contribution in [0.2, 0.25) is 5.02 Å². The van der Waals surface area contributed by atoms with Crippen molar-refractivity contribution >= 4 is 17.4 Å². The van der Waals surface area contributed by atoms with Gasteiger partial charge in [0.1, 0.15) is 5.78 Å². The molecule has 0 spiro atoms. The number of carbonyl (C=O) groups excluding carboxylic acids is 1. The first-order valence-corrected chi connectivity index (χ1v) is 7.01. The van der Waals surface area contributed by atoms with Crippen LogP contribution in [0.15, 0.2) is 24.3 Å². The highest BCUT2D eigenvalue weighted by Gasteiger charge is 2.23. The second kappa shape index (κ2) is 6.35. The van der Waals surface area contributed by atoms with Crippen LogP contribution in [0.3, 0.4) is 0 Å². The summed E-state index contributed by atoms with van der Waals surface area (Å²) < 4.78 is 0. The van der Waals surface area contributed by atoms with Gasteiger partial charge in [0.25, 0.3) is 0 Å². The molecule has 1 atom stereocenters. The summed E-state index contributed by atoms with van der Waals surface area (Å²) in [5, 5.41) is 0.824. The molecule has 0 bridgehead atoms. The van der Waals surface area contributed by atoms with Crippen molar-refractivity contribution in [3.05, 3.63) is 34.9 Å². The summed E-state index contributed by atoms with van der Waals surface area (Å²) in [4.78, 5) is 13.7. The minimum absolute atomic E-state index is 0.283. The number of hydrogen-bond acceptors (Lipinski definition) is 2. The molecule has 2 nitrogen and oxygen atoms in total. The minimum Gasteiger partial charge on any atom is -0.300 e. The van der Waals surface area contributed by atoms with Crippen molar-refractivity contribution in [1.29, 1.82) is 0 Å². The van der Waals surface area contributed by atoms with E-state index in [9.17, 15) is 4.79 Å². The number of carbonyl (C=O) groups is 1. The zero-order valence-electron chi connectivity index (χ0n) is 10.9. The molecule has 1 saturated heterocycles. The van der Waals surface area contributed by atoms with Gasteiger partial charge in [0.15, 0.2) is 0 Å². The summed E-state index contributed by atoms with van der Waals surface area (Å²) in [5.41, 5.74) is 1.16. The van der Waals surface area contributed by atoms with Crippen LogP contribution in [0, 0.1) is 0 Å². The van der Waals surface area contributed by atoms with Gasteiger partial charge in [-0.2, -0.15) is 0 Å². The lowest BCUT2D eigenvalue weighted by Gasteiger charge is -2.35. The Balaban J connectivity index is 2.05. The van der Waals surface area contributed by atoms with Crippen LogP contribution in [0.1, 0.15) is 38.2 Å². The van der Waals surface area contributed by atoms with Crippen molar-refractivity contribution in [1.82, 2.24) is 4.90 Å². The molecule has 1 aromatic carbocycles. The Morgan fingerprint density at radius 1 is 1.39 bits per heavy atom. The van der Waals surface area contributed by atoms with E-state index in [1.165, 1.54) is 12.8 Å². The molecule has 3 heteroatoms. The van der Waals surface area contributed by atoms with Gasteiger partial charge in [0.2, 0.25) is 0 Å². The molecule has 98 valence electrons. The quantitative estimate of drug-likeness (QED) is 0.828. The molecule has 1 unspecified atom stereocenters. The Labute approximate surface area is 114 Å². The fraction of sp³-hybridized carbons (Fsp3) is 0.533. The van der Waals surface area contributed by atoms with Crippen molar-refractivity contribution in [2.75, 3.05) is 6.54 Å². The zero-order chi connectivity index (χ0) is 13.0. The maximum Gasteiger partial charge on any atom is 0.131 e. The minimum atomic E-state index is 0.283. The summed E-state index contributed by atoms with van der Waals surface area (Å²) in [6, 6.07) is 8.37. The first-order valence-electron chi connectivity index (χ1n) is 6.63. The van der Waals surface area contributed by atoms with Gasteiger partial charge < -0.3 is 0 Å². The first-order chi connectivity index (χ1) is 8.66. The van der Waals surface area contributed by atoms with Gasteiger partial charge in [-0.3, -0.25) is 9.69 Å². The van der Waals surface area contributed by atoms with E-state index in [0.717, 1.165) is 30.1 Å². The Kier molecular flexibility index (Phi) is 4.79. The van der Waals surface area contributed by atoms with E-state index in [1.54, 1.807) is 6.92 Å². The lowest BCUT2D eigenvalue weighted by molar-refractivity contribution is -0.118. The normalized spacial score (nSPS) is 20.9. The van der Waals surface area contributed by atoms with Crippen molar-refractivity contribution in [3.63, 3.8) is 0 Å². The van der Waals surface area contributed by atoms with Gasteiger partial charge in [-0.1, -0.05) is 36.2 Å². The van der Waals surface area contributed by atoms with E-state index in [0.29, 0.717) is 12.5 Å². The molecule has 2 rings (SSSR count). The van der Waals surface area contributed by atoms with Crippen LogP contribution >= 0.6 is 11.6 Å². The largest absolute Gasteiger partial charge is 0.300 e. The maximum atomic E-state index is 11.3. The number of hydrogen-bond donors (Lipinski definition) is 0. The summed E-state index contributed by atoms with van der Waals surface area (Å²) in [6.45, 7) is 3.61. The molecule has 1 aliphatic heterocycles. The Hall–Kier alpha value is -0.860. The predicted molar refractivity (Wildman–Crippen MR) is 74.8 cm³/mol. The molecule has 1 heterocycles. The highest BCUT2D eigenvalue weighted by atomic mass is 35.5. The van der Waals surface area contributed by atoms with E-state index in [-0.39, 0.29) is 5.78 Å². The van der Waals surface area contributed by atoms with E-state index in [2.05, 4.69) is 11.0 Å². The highest BCUT2D eigenvalue weighted by Crippen LogP contribution is 2.24. The van der Waals surface area contributed by atoms with Crippen LogP contribution in [0.5, 0.6) is 0 Å². The molecule has 0 aliphatic carbocycles. The highest BCUT2D eigenvalue weighted by molar-refractivity contribution is 6.31. The van der Waals surface area contributed by atoms with Crippen LogP contribution in [0.25, 0.3) is 0 Å². The van der Waals surface area contributed by atoms with Crippen LogP contribution in [-0.4, -0.2) is 23.3 Å². The second-order valence-electron chi connectivity index (χ2n) is 5.12. The molecule has 1 fully saturated rings. The number of rotatable bonds is 4. The van der Waals surface area contributed by atoms with Gasteiger partial charge in [0.05, 0.1) is 0 Å². The number of halogens is 1. The average Bonchev–Trinajstić information content (AvgIpc) is 2.34. The number of Topliss-reactive ketones (excluding diaryl/α,β-unsaturated/α-hetero) is 1. The van der Waals surface area contributed by atoms with E-state index in [1.807, 2.05) is 18.2 Å². The van der Waals surface area contributed by atoms with Crippen molar-refractivity contribution in [2.45, 2.75) is 45.2 Å². The van der Waals surface area contributed by atoms with Crippen molar-refractivity contribution in [3.8, 4) is 0 Å². The van der Waals surface area contributed by atoms with E-state index in [4.69, 9.17) is 11.6 Å². The number of piperidine rings is 1. The van der Waals surface area contributed by atoms with Gasteiger partial charge in [-0.15, -0.1) is 0 Å². The smallest absolute Gasteiger partial charge is 0.131 e. The van der Waals surface area contributed by atoms with Gasteiger partial charge >= 0.3 is 0 Å². The van der Waals surface area contributed by atoms with Crippen LogP contribution < -0.4 is 0 Å². The summed E-state index contributed by atoms with van der Waals surface area (Å²) in [7, 11) is 0. The van der Waals surface area contributed by atoms with E-state index < -0.39 is 0 Å². The van der Waals surface area contributed by atoms with Crippen LogP contribution in [-0.2, 0) is 11.3 Å². The lowest BCUT2D eigenvalue weighted by atomic mass is 9.97. The average molecular weight is 266 g/mol. The van der Waals surface area contributed by atoms with Gasteiger partial charge in [0, 0.05) is 24.0 Å². The Morgan fingerprint density at radius 3 is 2.89 bits per heavy atom. The third-order valence-electron chi connectivity index (χ3n) is 3.60. The van der Waals surface area contributed by atoms with Gasteiger partial charge in [-0.05, 0) is 37.9 Å². The molecule has 18 heavy (non-hydrogen) atoms. The molecule has 0 N–H and O–H groups in total. The Bertz CT molecular complexity index is 419.